The standard InChI is InChI=1S/C8H11ClN2O2/c1-3-13-8(12)7-5(2)10-11-6(7)4-9/h3-4H2,1-2H3,(H,10,11). The monoisotopic (exact) mass is 202 g/mol. The fourth-order valence-corrected chi connectivity index (χ4v) is 1.24. The highest BCUT2D eigenvalue weighted by atomic mass is 35.5. The van der Waals surface area contributed by atoms with Gasteiger partial charge in [-0.25, -0.2) is 4.79 Å². The van der Waals surface area contributed by atoms with Gasteiger partial charge in [-0.15, -0.1) is 11.6 Å². The molecular weight excluding hydrogens is 192 g/mol. The molecule has 0 unspecified atom stereocenters. The van der Waals surface area contributed by atoms with Crippen LogP contribution in [0.3, 0.4) is 0 Å². The van der Waals surface area contributed by atoms with Crippen molar-refractivity contribution >= 4 is 17.6 Å². The molecule has 0 fully saturated rings. The third kappa shape index (κ3) is 2.01. The van der Waals surface area contributed by atoms with Crippen molar-refractivity contribution in [1.29, 1.82) is 0 Å². The highest BCUT2D eigenvalue weighted by Crippen LogP contribution is 2.13. The molecule has 0 bridgehead atoms. The fourth-order valence-electron chi connectivity index (χ4n) is 1.05. The number of carbonyl (C=O) groups excluding carboxylic acids is 1. The molecule has 1 rings (SSSR count). The SMILES string of the molecule is CCOC(=O)c1c(CCl)n[nH]c1C. The topological polar surface area (TPSA) is 55.0 Å². The lowest BCUT2D eigenvalue weighted by Gasteiger charge is -2.00. The number of aromatic nitrogens is 2. The molecule has 4 nitrogen and oxygen atoms in total. The van der Waals surface area contributed by atoms with Crippen molar-refractivity contribution in [3.05, 3.63) is 17.0 Å². The van der Waals surface area contributed by atoms with Gasteiger partial charge in [0.1, 0.15) is 5.56 Å². The van der Waals surface area contributed by atoms with Gasteiger partial charge in [-0.1, -0.05) is 0 Å². The Kier molecular flexibility index (Phi) is 3.31. The Bertz CT molecular complexity index is 309. The molecule has 13 heavy (non-hydrogen) atoms. The van der Waals surface area contributed by atoms with Crippen LogP contribution in [0.25, 0.3) is 0 Å². The number of nitrogens with one attached hydrogen (secondary N) is 1. The average molecular weight is 203 g/mol. The van der Waals surface area contributed by atoms with E-state index < -0.39 is 0 Å². The summed E-state index contributed by atoms with van der Waals surface area (Å²) in [5.41, 5.74) is 1.68. The number of H-pyrrole nitrogens is 1. The lowest BCUT2D eigenvalue weighted by atomic mass is 10.2. The van der Waals surface area contributed by atoms with Crippen molar-refractivity contribution in [3.63, 3.8) is 0 Å². The van der Waals surface area contributed by atoms with Gasteiger partial charge in [0.15, 0.2) is 0 Å². The van der Waals surface area contributed by atoms with Crippen LogP contribution in [-0.4, -0.2) is 22.8 Å². The number of nitrogens with zero attached hydrogens (tertiary/aromatic N) is 1. The van der Waals surface area contributed by atoms with E-state index in [-0.39, 0.29) is 11.8 Å². The molecule has 0 saturated carbocycles. The summed E-state index contributed by atoms with van der Waals surface area (Å²) in [6.07, 6.45) is 0. The van der Waals surface area contributed by atoms with E-state index >= 15 is 0 Å². The summed E-state index contributed by atoms with van der Waals surface area (Å²) in [7, 11) is 0. The van der Waals surface area contributed by atoms with E-state index in [1.807, 2.05) is 0 Å². The van der Waals surface area contributed by atoms with E-state index in [1.165, 1.54) is 0 Å². The summed E-state index contributed by atoms with van der Waals surface area (Å²) in [4.78, 5) is 11.4. The zero-order chi connectivity index (χ0) is 9.84. The Morgan fingerprint density at radius 3 is 2.92 bits per heavy atom. The number of hydrogen-bond donors (Lipinski definition) is 1. The van der Waals surface area contributed by atoms with Gasteiger partial charge < -0.3 is 4.74 Å². The predicted octanol–water partition coefficient (Wildman–Crippen LogP) is 1.63. The number of ether oxygens (including phenoxy) is 1. The lowest BCUT2D eigenvalue weighted by molar-refractivity contribution is 0.0524. The van der Waals surface area contributed by atoms with E-state index in [0.717, 1.165) is 0 Å². The number of alkyl halides is 1. The Morgan fingerprint density at radius 2 is 2.38 bits per heavy atom. The van der Waals surface area contributed by atoms with E-state index in [4.69, 9.17) is 16.3 Å². The van der Waals surface area contributed by atoms with Crippen molar-refractivity contribution in [2.24, 2.45) is 0 Å². The molecule has 0 atom stereocenters. The van der Waals surface area contributed by atoms with E-state index in [1.54, 1.807) is 13.8 Å². The van der Waals surface area contributed by atoms with Crippen LogP contribution in [-0.2, 0) is 10.6 Å². The van der Waals surface area contributed by atoms with Crippen LogP contribution in [0.15, 0.2) is 0 Å². The maximum Gasteiger partial charge on any atom is 0.341 e. The second kappa shape index (κ2) is 4.28. The minimum atomic E-state index is -0.371. The van der Waals surface area contributed by atoms with E-state index in [9.17, 15) is 4.79 Å². The van der Waals surface area contributed by atoms with E-state index in [0.29, 0.717) is 23.6 Å². The van der Waals surface area contributed by atoms with Crippen molar-refractivity contribution in [2.75, 3.05) is 6.61 Å². The Balaban J connectivity index is 2.96. The van der Waals surface area contributed by atoms with Crippen LogP contribution in [0.4, 0.5) is 0 Å². The second-order valence-electron chi connectivity index (χ2n) is 2.52. The summed E-state index contributed by atoms with van der Waals surface area (Å²) < 4.78 is 4.85. The molecule has 0 aromatic carbocycles. The van der Waals surface area contributed by atoms with Gasteiger partial charge in [0, 0.05) is 5.69 Å². The first-order valence-electron chi connectivity index (χ1n) is 3.97. The van der Waals surface area contributed by atoms with Gasteiger partial charge in [0.2, 0.25) is 0 Å². The first-order valence-corrected chi connectivity index (χ1v) is 4.51. The van der Waals surface area contributed by atoms with Gasteiger partial charge in [0.05, 0.1) is 18.2 Å². The summed E-state index contributed by atoms with van der Waals surface area (Å²) in [5, 5.41) is 6.57. The number of aryl methyl sites for hydroxylation is 1. The Labute approximate surface area is 81.2 Å². The van der Waals surface area contributed by atoms with Crippen molar-refractivity contribution in [2.45, 2.75) is 19.7 Å². The molecular formula is C8H11ClN2O2. The van der Waals surface area contributed by atoms with Crippen LogP contribution >= 0.6 is 11.6 Å². The first kappa shape index (κ1) is 10.1. The smallest absolute Gasteiger partial charge is 0.341 e. The van der Waals surface area contributed by atoms with E-state index in [2.05, 4.69) is 10.2 Å². The number of esters is 1. The zero-order valence-corrected chi connectivity index (χ0v) is 8.31. The van der Waals surface area contributed by atoms with Crippen molar-refractivity contribution in [3.8, 4) is 0 Å². The molecule has 0 aliphatic heterocycles. The molecule has 0 saturated heterocycles. The second-order valence-corrected chi connectivity index (χ2v) is 2.79. The number of hydrogen-bond acceptors (Lipinski definition) is 3. The molecule has 72 valence electrons. The van der Waals surface area contributed by atoms with Crippen LogP contribution in [0.5, 0.6) is 0 Å². The molecule has 5 heteroatoms. The third-order valence-corrected chi connectivity index (χ3v) is 1.88. The minimum Gasteiger partial charge on any atom is -0.462 e. The largest absolute Gasteiger partial charge is 0.462 e. The lowest BCUT2D eigenvalue weighted by Crippen LogP contribution is -2.07. The van der Waals surface area contributed by atoms with Crippen molar-refractivity contribution in [1.82, 2.24) is 10.2 Å². The van der Waals surface area contributed by atoms with Gasteiger partial charge in [-0.3, -0.25) is 5.10 Å². The molecule has 0 aliphatic rings. The number of rotatable bonds is 3. The molecule has 1 heterocycles. The quantitative estimate of drug-likeness (QED) is 0.599. The minimum absolute atomic E-state index is 0.207. The molecule has 0 radical (unpaired) electrons. The molecule has 0 amide bonds. The van der Waals surface area contributed by atoms with Crippen LogP contribution in [0.2, 0.25) is 0 Å². The summed E-state index contributed by atoms with van der Waals surface area (Å²) in [5.74, 6) is -0.164. The number of halogens is 1. The third-order valence-electron chi connectivity index (χ3n) is 1.63. The zero-order valence-electron chi connectivity index (χ0n) is 7.56. The highest BCUT2D eigenvalue weighted by molar-refractivity contribution is 6.17. The summed E-state index contributed by atoms with van der Waals surface area (Å²) >= 11 is 5.60. The van der Waals surface area contributed by atoms with Gasteiger partial charge in [-0.05, 0) is 13.8 Å². The van der Waals surface area contributed by atoms with Crippen LogP contribution in [0.1, 0.15) is 28.7 Å². The Morgan fingerprint density at radius 1 is 1.69 bits per heavy atom. The molecule has 1 aromatic rings. The molecule has 1 N–H and O–H groups in total. The molecule has 0 spiro atoms. The molecule has 1 aromatic heterocycles. The highest BCUT2D eigenvalue weighted by Gasteiger charge is 2.17. The number of carbonyl (C=O) groups is 1. The summed E-state index contributed by atoms with van der Waals surface area (Å²) in [6, 6.07) is 0. The van der Waals surface area contributed by atoms with Crippen LogP contribution in [0, 0.1) is 6.92 Å². The maximum atomic E-state index is 11.4. The van der Waals surface area contributed by atoms with Gasteiger partial charge in [-0.2, -0.15) is 5.10 Å². The summed E-state index contributed by atoms with van der Waals surface area (Å²) in [6.45, 7) is 3.87. The predicted molar refractivity (Wildman–Crippen MR) is 48.8 cm³/mol. The van der Waals surface area contributed by atoms with Gasteiger partial charge >= 0.3 is 5.97 Å². The fraction of sp³-hybridized carbons (Fsp3) is 0.500. The number of aromatic amines is 1. The van der Waals surface area contributed by atoms with Crippen LogP contribution < -0.4 is 0 Å². The average Bonchev–Trinajstić information content (AvgIpc) is 2.47. The van der Waals surface area contributed by atoms with Crippen molar-refractivity contribution < 1.29 is 9.53 Å². The first-order chi connectivity index (χ1) is 6.20. The molecule has 0 aliphatic carbocycles. The normalized spacial score (nSPS) is 10.1. The van der Waals surface area contributed by atoms with Gasteiger partial charge in [0.25, 0.3) is 0 Å². The maximum absolute atomic E-state index is 11.4. The Hall–Kier alpha value is -1.03.